The lowest BCUT2D eigenvalue weighted by atomic mass is 10.4. The molecular weight excluding hydrogens is 166 g/mol. The summed E-state index contributed by atoms with van der Waals surface area (Å²) in [6.45, 7) is 5.22. The van der Waals surface area contributed by atoms with Crippen LogP contribution in [-0.2, 0) is 4.79 Å². The predicted octanol–water partition coefficient (Wildman–Crippen LogP) is -0.336. The first kappa shape index (κ1) is 12.4. The lowest BCUT2D eigenvalue weighted by Crippen LogP contribution is -2.31. The standard InChI is InChI=1S/C9H21N3O/c1-9(13)11-7-6-10-5-4-8-12(2)3/h10H,4-8H2,1-3H3,(H,11,13). The summed E-state index contributed by atoms with van der Waals surface area (Å²) in [7, 11) is 4.13. The van der Waals surface area contributed by atoms with Crippen LogP contribution in [0.15, 0.2) is 0 Å². The summed E-state index contributed by atoms with van der Waals surface area (Å²) in [4.78, 5) is 12.6. The Labute approximate surface area is 80.7 Å². The van der Waals surface area contributed by atoms with Crippen LogP contribution in [0.1, 0.15) is 13.3 Å². The number of amides is 1. The smallest absolute Gasteiger partial charge is 0.216 e. The van der Waals surface area contributed by atoms with Crippen molar-refractivity contribution in [1.82, 2.24) is 15.5 Å². The highest BCUT2D eigenvalue weighted by Gasteiger charge is 1.91. The van der Waals surface area contributed by atoms with Crippen molar-refractivity contribution >= 4 is 5.91 Å². The van der Waals surface area contributed by atoms with Gasteiger partial charge >= 0.3 is 0 Å². The molecule has 0 heterocycles. The number of hydrogen-bond acceptors (Lipinski definition) is 3. The zero-order valence-electron chi connectivity index (χ0n) is 8.89. The van der Waals surface area contributed by atoms with E-state index in [2.05, 4.69) is 29.6 Å². The first-order chi connectivity index (χ1) is 6.13. The first-order valence-electron chi connectivity index (χ1n) is 4.73. The van der Waals surface area contributed by atoms with Crippen LogP contribution in [0.3, 0.4) is 0 Å². The molecule has 1 amide bonds. The van der Waals surface area contributed by atoms with Gasteiger partial charge in [-0.05, 0) is 33.6 Å². The van der Waals surface area contributed by atoms with Crippen LogP contribution in [-0.4, -0.2) is 51.1 Å². The van der Waals surface area contributed by atoms with Crippen molar-refractivity contribution in [3.05, 3.63) is 0 Å². The van der Waals surface area contributed by atoms with Gasteiger partial charge in [0.2, 0.25) is 5.91 Å². The Bertz CT molecular complexity index is 137. The predicted molar refractivity (Wildman–Crippen MR) is 54.7 cm³/mol. The molecule has 4 heteroatoms. The summed E-state index contributed by atoms with van der Waals surface area (Å²) < 4.78 is 0. The van der Waals surface area contributed by atoms with Crippen LogP contribution in [0, 0.1) is 0 Å². The Hall–Kier alpha value is -0.610. The highest BCUT2D eigenvalue weighted by atomic mass is 16.1. The molecule has 78 valence electrons. The molecule has 0 aliphatic carbocycles. The maximum absolute atomic E-state index is 10.5. The van der Waals surface area contributed by atoms with E-state index in [-0.39, 0.29) is 5.91 Å². The summed E-state index contributed by atoms with van der Waals surface area (Å²) in [6, 6.07) is 0. The van der Waals surface area contributed by atoms with Gasteiger partial charge in [0.25, 0.3) is 0 Å². The Morgan fingerprint density at radius 2 is 1.92 bits per heavy atom. The van der Waals surface area contributed by atoms with Crippen molar-refractivity contribution in [2.75, 3.05) is 40.3 Å². The second-order valence-corrected chi connectivity index (χ2v) is 3.39. The molecule has 13 heavy (non-hydrogen) atoms. The molecule has 0 unspecified atom stereocenters. The number of carbonyl (C=O) groups is 1. The van der Waals surface area contributed by atoms with E-state index in [1.807, 2.05) is 0 Å². The third-order valence-electron chi connectivity index (χ3n) is 1.63. The van der Waals surface area contributed by atoms with Gasteiger partial charge in [0.05, 0.1) is 0 Å². The maximum Gasteiger partial charge on any atom is 0.216 e. The maximum atomic E-state index is 10.5. The molecule has 0 aliphatic rings. The largest absolute Gasteiger partial charge is 0.355 e. The van der Waals surface area contributed by atoms with Gasteiger partial charge in [-0.15, -0.1) is 0 Å². The summed E-state index contributed by atoms with van der Waals surface area (Å²) >= 11 is 0. The number of rotatable bonds is 7. The van der Waals surface area contributed by atoms with Crippen molar-refractivity contribution in [3.8, 4) is 0 Å². The number of nitrogens with zero attached hydrogens (tertiary/aromatic N) is 1. The molecule has 0 aromatic heterocycles. The summed E-state index contributed by atoms with van der Waals surface area (Å²) in [5.74, 6) is 0.0371. The van der Waals surface area contributed by atoms with Gasteiger partial charge in [-0.3, -0.25) is 4.79 Å². The van der Waals surface area contributed by atoms with E-state index >= 15 is 0 Å². The molecule has 0 saturated carbocycles. The van der Waals surface area contributed by atoms with Crippen molar-refractivity contribution in [1.29, 1.82) is 0 Å². The highest BCUT2D eigenvalue weighted by Crippen LogP contribution is 1.79. The van der Waals surface area contributed by atoms with E-state index in [4.69, 9.17) is 0 Å². The van der Waals surface area contributed by atoms with Crippen LogP contribution < -0.4 is 10.6 Å². The number of nitrogens with one attached hydrogen (secondary N) is 2. The lowest BCUT2D eigenvalue weighted by Gasteiger charge is -2.09. The van der Waals surface area contributed by atoms with Crippen molar-refractivity contribution in [3.63, 3.8) is 0 Å². The molecule has 0 spiro atoms. The molecular formula is C9H21N3O. The van der Waals surface area contributed by atoms with E-state index in [1.165, 1.54) is 6.92 Å². The number of carbonyl (C=O) groups excluding carboxylic acids is 1. The molecule has 0 aromatic carbocycles. The quantitative estimate of drug-likeness (QED) is 0.536. The summed E-state index contributed by atoms with van der Waals surface area (Å²) in [5, 5.41) is 5.99. The van der Waals surface area contributed by atoms with Crippen LogP contribution in [0.2, 0.25) is 0 Å². The van der Waals surface area contributed by atoms with E-state index in [0.717, 1.165) is 32.6 Å². The molecule has 0 radical (unpaired) electrons. The first-order valence-corrected chi connectivity index (χ1v) is 4.73. The molecule has 0 rings (SSSR count). The Morgan fingerprint density at radius 1 is 1.23 bits per heavy atom. The zero-order chi connectivity index (χ0) is 10.1. The van der Waals surface area contributed by atoms with Gasteiger partial charge in [0.1, 0.15) is 0 Å². The molecule has 0 aromatic rings. The Balaban J connectivity index is 2.96. The fourth-order valence-corrected chi connectivity index (χ4v) is 0.972. The Morgan fingerprint density at radius 3 is 2.46 bits per heavy atom. The van der Waals surface area contributed by atoms with Gasteiger partial charge < -0.3 is 15.5 Å². The molecule has 0 bridgehead atoms. The fraction of sp³-hybridized carbons (Fsp3) is 0.889. The van der Waals surface area contributed by atoms with Gasteiger partial charge in [0.15, 0.2) is 0 Å². The van der Waals surface area contributed by atoms with Gasteiger partial charge in [-0.25, -0.2) is 0 Å². The van der Waals surface area contributed by atoms with Crippen LogP contribution in [0.5, 0.6) is 0 Å². The molecule has 0 aliphatic heterocycles. The average molecular weight is 187 g/mol. The SMILES string of the molecule is CC(=O)NCCNCCCN(C)C. The summed E-state index contributed by atoms with van der Waals surface area (Å²) in [6.07, 6.45) is 1.15. The monoisotopic (exact) mass is 187 g/mol. The second-order valence-electron chi connectivity index (χ2n) is 3.39. The van der Waals surface area contributed by atoms with Gasteiger partial charge in [-0.2, -0.15) is 0 Å². The minimum atomic E-state index is 0.0371. The zero-order valence-corrected chi connectivity index (χ0v) is 8.89. The molecule has 4 nitrogen and oxygen atoms in total. The van der Waals surface area contributed by atoms with E-state index in [9.17, 15) is 4.79 Å². The normalized spacial score (nSPS) is 10.5. The second kappa shape index (κ2) is 8.01. The van der Waals surface area contributed by atoms with Gasteiger partial charge in [0, 0.05) is 20.0 Å². The topological polar surface area (TPSA) is 44.4 Å². The van der Waals surface area contributed by atoms with E-state index in [1.54, 1.807) is 0 Å². The minimum absolute atomic E-state index is 0.0371. The fourth-order valence-electron chi connectivity index (χ4n) is 0.972. The van der Waals surface area contributed by atoms with Crippen molar-refractivity contribution in [2.24, 2.45) is 0 Å². The summed E-state index contributed by atoms with van der Waals surface area (Å²) in [5.41, 5.74) is 0. The molecule has 2 N–H and O–H groups in total. The van der Waals surface area contributed by atoms with Crippen molar-refractivity contribution < 1.29 is 4.79 Å². The third-order valence-corrected chi connectivity index (χ3v) is 1.63. The Kier molecular flexibility index (Phi) is 7.63. The van der Waals surface area contributed by atoms with Crippen LogP contribution in [0.4, 0.5) is 0 Å². The average Bonchev–Trinajstić information content (AvgIpc) is 2.01. The number of hydrogen-bond donors (Lipinski definition) is 2. The highest BCUT2D eigenvalue weighted by molar-refractivity contribution is 5.72. The van der Waals surface area contributed by atoms with E-state index in [0.29, 0.717) is 0 Å². The van der Waals surface area contributed by atoms with E-state index < -0.39 is 0 Å². The lowest BCUT2D eigenvalue weighted by molar-refractivity contribution is -0.118. The van der Waals surface area contributed by atoms with Crippen LogP contribution in [0.25, 0.3) is 0 Å². The molecule has 0 atom stereocenters. The van der Waals surface area contributed by atoms with Gasteiger partial charge in [-0.1, -0.05) is 0 Å². The molecule has 0 fully saturated rings. The third kappa shape index (κ3) is 11.4. The molecule has 0 saturated heterocycles. The van der Waals surface area contributed by atoms with Crippen LogP contribution >= 0.6 is 0 Å². The minimum Gasteiger partial charge on any atom is -0.355 e. The van der Waals surface area contributed by atoms with Crippen molar-refractivity contribution in [2.45, 2.75) is 13.3 Å².